The molecule has 194 valence electrons. The van der Waals surface area contributed by atoms with Gasteiger partial charge in [0.2, 0.25) is 11.8 Å². The molecule has 2 aromatic heterocycles. The number of aromatic nitrogens is 4. The van der Waals surface area contributed by atoms with Crippen LogP contribution in [0.2, 0.25) is 0 Å². The van der Waals surface area contributed by atoms with E-state index in [0.717, 1.165) is 12.8 Å². The maximum Gasteiger partial charge on any atom is 0.273 e. The van der Waals surface area contributed by atoms with Crippen LogP contribution in [0.4, 0.5) is 17.2 Å². The third-order valence-electron chi connectivity index (χ3n) is 5.26. The number of para-hydroxylation sites is 1. The van der Waals surface area contributed by atoms with E-state index in [1.807, 2.05) is 5.32 Å². The molecule has 0 unspecified atom stereocenters. The van der Waals surface area contributed by atoms with Crippen molar-refractivity contribution in [2.45, 2.75) is 19.3 Å². The van der Waals surface area contributed by atoms with Crippen molar-refractivity contribution >= 4 is 34.9 Å². The number of hydrogen-bond acceptors (Lipinski definition) is 11. The topological polar surface area (TPSA) is 193 Å². The van der Waals surface area contributed by atoms with Gasteiger partial charge in [0.25, 0.3) is 11.8 Å². The number of carbonyl (C=O) groups is 3. The van der Waals surface area contributed by atoms with Gasteiger partial charge in [-0.1, -0.05) is 11.2 Å². The fourth-order valence-corrected chi connectivity index (χ4v) is 3.35. The van der Waals surface area contributed by atoms with Crippen LogP contribution in [0.1, 0.15) is 33.3 Å². The predicted molar refractivity (Wildman–Crippen MR) is 130 cm³/mol. The Hall–Kier alpha value is -4.59. The van der Waals surface area contributed by atoms with Gasteiger partial charge in [-0.05, 0) is 25.0 Å². The van der Waals surface area contributed by atoms with E-state index in [4.69, 9.17) is 18.5 Å². The molecule has 3 aromatic rings. The van der Waals surface area contributed by atoms with E-state index in [2.05, 4.69) is 36.3 Å². The Kier molecular flexibility index (Phi) is 6.70. The Morgan fingerprint density at radius 1 is 1.24 bits per heavy atom. The lowest BCUT2D eigenvalue weighted by Crippen LogP contribution is -2.28. The van der Waals surface area contributed by atoms with Gasteiger partial charge in [-0.25, -0.2) is 0 Å². The summed E-state index contributed by atoms with van der Waals surface area (Å²) >= 11 is 0. The number of benzene rings is 1. The van der Waals surface area contributed by atoms with Crippen molar-refractivity contribution in [1.29, 1.82) is 0 Å². The first kappa shape index (κ1) is 21.7. The van der Waals surface area contributed by atoms with Gasteiger partial charge in [0.15, 0.2) is 23.1 Å². The highest BCUT2D eigenvalue weighted by molar-refractivity contribution is 6.00. The maximum absolute atomic E-state index is 12.7. The second kappa shape index (κ2) is 11.4. The van der Waals surface area contributed by atoms with Gasteiger partial charge in [-0.15, -0.1) is 10.2 Å². The van der Waals surface area contributed by atoms with Crippen LogP contribution < -0.4 is 26.0 Å². The van der Waals surface area contributed by atoms with Gasteiger partial charge >= 0.3 is 0 Å². The van der Waals surface area contributed by atoms with Gasteiger partial charge in [0.1, 0.15) is 0 Å². The molecule has 0 saturated heterocycles. The summed E-state index contributed by atoms with van der Waals surface area (Å²) in [5, 5.41) is 30.3. The smallest absolute Gasteiger partial charge is 0.273 e. The van der Waals surface area contributed by atoms with Gasteiger partial charge in [0.05, 0.1) is 37.1 Å². The van der Waals surface area contributed by atoms with Crippen molar-refractivity contribution in [2.24, 2.45) is 5.92 Å². The molecular weight excluding hydrogens is 484 g/mol. The van der Waals surface area contributed by atoms with E-state index in [0.29, 0.717) is 11.3 Å². The normalized spacial score (nSPS) is 14.1. The average molecular weight is 514 g/mol. The standard InChI is InChI=1S/C23H26N8O6/c1-24-22(35)19-15(10-16(29-30-19)27-21(34)12-6-7-12)26-14-5-3-4-13(20(14)36-2)23-28-17(31-37-23)11-18(33)25-8-9-32/h3-5,10,12,32H,6-9,11H2,1-2H3,(H,24,35)(H,25,33)(H2,26,27,29,34)/i1D3. The lowest BCUT2D eigenvalue weighted by atomic mass is 10.1. The molecule has 1 aromatic carbocycles. The number of aliphatic hydroxyl groups is 1. The molecule has 14 nitrogen and oxygen atoms in total. The molecule has 14 heteroatoms. The summed E-state index contributed by atoms with van der Waals surface area (Å²) in [6, 6.07) is 6.21. The number of anilines is 3. The van der Waals surface area contributed by atoms with Crippen molar-refractivity contribution in [3.63, 3.8) is 0 Å². The molecule has 3 amide bonds. The van der Waals surface area contributed by atoms with Crippen molar-refractivity contribution in [1.82, 2.24) is 31.0 Å². The summed E-state index contributed by atoms with van der Waals surface area (Å²) < 4.78 is 32.9. The molecule has 1 aliphatic rings. The summed E-state index contributed by atoms with van der Waals surface area (Å²) in [6.45, 7) is -2.90. The Morgan fingerprint density at radius 3 is 2.81 bits per heavy atom. The van der Waals surface area contributed by atoms with Crippen LogP contribution in [0.3, 0.4) is 0 Å². The number of rotatable bonds is 11. The van der Waals surface area contributed by atoms with Crippen LogP contribution in [0.15, 0.2) is 28.8 Å². The molecular formula is C23H26N8O6. The molecule has 0 bridgehead atoms. The highest BCUT2D eigenvalue weighted by Gasteiger charge is 2.30. The quantitative estimate of drug-likeness (QED) is 0.241. The van der Waals surface area contributed by atoms with Crippen LogP contribution in [0.25, 0.3) is 11.5 Å². The molecule has 5 N–H and O–H groups in total. The predicted octanol–water partition coefficient (Wildman–Crippen LogP) is 0.638. The molecule has 1 fully saturated rings. The third kappa shape index (κ3) is 6.16. The minimum atomic E-state index is -2.78. The van der Waals surface area contributed by atoms with E-state index in [9.17, 15) is 14.4 Å². The minimum Gasteiger partial charge on any atom is -0.494 e. The second-order valence-corrected chi connectivity index (χ2v) is 7.99. The van der Waals surface area contributed by atoms with Gasteiger partial charge in [0, 0.05) is 29.6 Å². The summed E-state index contributed by atoms with van der Waals surface area (Å²) in [4.78, 5) is 41.1. The zero-order valence-electron chi connectivity index (χ0n) is 22.7. The first-order valence-corrected chi connectivity index (χ1v) is 11.2. The number of nitrogens with one attached hydrogen (secondary N) is 4. The lowest BCUT2D eigenvalue weighted by Gasteiger charge is -2.15. The van der Waals surface area contributed by atoms with E-state index < -0.39 is 18.8 Å². The molecule has 0 atom stereocenters. The van der Waals surface area contributed by atoms with Gasteiger partial charge in [-0.3, -0.25) is 14.4 Å². The maximum atomic E-state index is 12.7. The molecule has 1 saturated carbocycles. The number of nitrogens with zero attached hydrogens (tertiary/aromatic N) is 4. The molecule has 1 aliphatic carbocycles. The minimum absolute atomic E-state index is 0.0325. The fraction of sp³-hybridized carbons (Fsp3) is 0.348. The van der Waals surface area contributed by atoms with E-state index in [1.165, 1.54) is 13.2 Å². The van der Waals surface area contributed by atoms with Crippen LogP contribution in [-0.4, -0.2) is 70.4 Å². The Balaban J connectivity index is 1.65. The molecule has 0 spiro atoms. The Morgan fingerprint density at radius 2 is 2.08 bits per heavy atom. The van der Waals surface area contributed by atoms with Crippen molar-refractivity contribution in [3.8, 4) is 17.2 Å². The van der Waals surface area contributed by atoms with Gasteiger partial charge in [-0.2, -0.15) is 4.98 Å². The van der Waals surface area contributed by atoms with Crippen molar-refractivity contribution in [3.05, 3.63) is 35.8 Å². The first-order valence-electron chi connectivity index (χ1n) is 12.7. The van der Waals surface area contributed by atoms with Crippen molar-refractivity contribution < 1.29 is 32.9 Å². The van der Waals surface area contributed by atoms with Crippen molar-refractivity contribution in [2.75, 3.05) is 37.9 Å². The van der Waals surface area contributed by atoms with Crippen LogP contribution in [0, 0.1) is 5.92 Å². The number of ether oxygens (including phenoxy) is 1. The highest BCUT2D eigenvalue weighted by Crippen LogP contribution is 2.38. The Labute approximate surface area is 215 Å². The van der Waals surface area contributed by atoms with E-state index in [-0.39, 0.29) is 66.1 Å². The zero-order chi connectivity index (χ0) is 28.9. The second-order valence-electron chi connectivity index (χ2n) is 7.99. The largest absolute Gasteiger partial charge is 0.494 e. The Bertz CT molecular complexity index is 1410. The first-order chi connectivity index (χ1) is 19.1. The van der Waals surface area contributed by atoms with E-state index in [1.54, 1.807) is 18.2 Å². The lowest BCUT2D eigenvalue weighted by molar-refractivity contribution is -0.120. The number of methoxy groups -OCH3 is 1. The number of aliphatic hydroxyl groups excluding tert-OH is 1. The molecule has 0 aliphatic heterocycles. The molecule has 2 heterocycles. The van der Waals surface area contributed by atoms with Gasteiger partial charge < -0.3 is 35.6 Å². The monoisotopic (exact) mass is 513 g/mol. The number of hydrogen-bond donors (Lipinski definition) is 5. The van der Waals surface area contributed by atoms with Crippen LogP contribution in [-0.2, 0) is 16.0 Å². The van der Waals surface area contributed by atoms with Crippen LogP contribution in [0.5, 0.6) is 5.75 Å². The number of carbonyl (C=O) groups excluding carboxylic acids is 3. The summed E-state index contributed by atoms with van der Waals surface area (Å²) in [6.07, 6.45) is 1.35. The van der Waals surface area contributed by atoms with E-state index >= 15 is 0 Å². The molecule has 37 heavy (non-hydrogen) atoms. The highest BCUT2D eigenvalue weighted by atomic mass is 16.5. The molecule has 4 rings (SSSR count). The summed E-state index contributed by atoms with van der Waals surface area (Å²) in [5.74, 6) is -1.37. The molecule has 0 radical (unpaired) electrons. The third-order valence-corrected chi connectivity index (χ3v) is 5.26. The zero-order valence-corrected chi connectivity index (χ0v) is 19.7. The summed E-state index contributed by atoms with van der Waals surface area (Å²) in [7, 11) is 1.39. The number of amides is 3. The SMILES string of the molecule is [2H]C([2H])([2H])NC(=O)c1nnc(NC(=O)C2CC2)cc1Nc1cccc(-c2nc(CC(=O)NCCO)no2)c1OC. The van der Waals surface area contributed by atoms with Crippen LogP contribution >= 0.6 is 0 Å². The summed E-state index contributed by atoms with van der Waals surface area (Å²) in [5.41, 5.74) is 0.336. The fourth-order valence-electron chi connectivity index (χ4n) is 3.35. The average Bonchev–Trinajstić information content (AvgIpc) is 3.65.